The highest BCUT2D eigenvalue weighted by molar-refractivity contribution is 5.87. The van der Waals surface area contributed by atoms with Gasteiger partial charge >= 0.3 is 11.9 Å². The third kappa shape index (κ3) is 4.42. The highest BCUT2D eigenvalue weighted by Crippen LogP contribution is 2.20. The molecule has 0 radical (unpaired) electrons. The maximum absolute atomic E-state index is 12.3. The van der Waals surface area contributed by atoms with E-state index in [9.17, 15) is 9.59 Å². The number of benzene rings is 1. The fourth-order valence-electron chi connectivity index (χ4n) is 2.18. The topological polar surface area (TPSA) is 70.4 Å². The Kier molecular flexibility index (Phi) is 5.51. The lowest BCUT2D eigenvalue weighted by Gasteiger charge is -2.18. The number of ether oxygens (including phenoxy) is 2. The summed E-state index contributed by atoms with van der Waals surface area (Å²) in [5.41, 5.74) is 1.42. The van der Waals surface area contributed by atoms with E-state index in [2.05, 4.69) is 4.98 Å². The molecule has 0 saturated carbocycles. The molecule has 0 bridgehead atoms. The average Bonchev–Trinajstić information content (AvgIpc) is 3.02. The molecular formula is C17H20N2O4. The van der Waals surface area contributed by atoms with Crippen molar-refractivity contribution in [1.82, 2.24) is 9.55 Å². The molecule has 0 aliphatic carbocycles. The van der Waals surface area contributed by atoms with E-state index in [0.717, 1.165) is 5.56 Å². The molecular weight excluding hydrogens is 296 g/mol. The normalized spacial score (nSPS) is 13.2. The molecule has 6 heteroatoms. The minimum Gasteiger partial charge on any atom is -0.462 e. The summed E-state index contributed by atoms with van der Waals surface area (Å²) in [5.74, 6) is -0.902. The molecule has 2 rings (SSSR count). The van der Waals surface area contributed by atoms with Crippen molar-refractivity contribution in [2.24, 2.45) is 0 Å². The molecule has 0 saturated heterocycles. The number of hydrogen-bond acceptors (Lipinski definition) is 5. The first-order chi connectivity index (χ1) is 11.0. The largest absolute Gasteiger partial charge is 0.462 e. The van der Waals surface area contributed by atoms with Crippen molar-refractivity contribution >= 4 is 11.9 Å². The van der Waals surface area contributed by atoms with Gasteiger partial charge in [0.15, 0.2) is 0 Å². The van der Waals surface area contributed by atoms with E-state index >= 15 is 0 Å². The molecule has 2 aromatic rings. The van der Waals surface area contributed by atoms with Crippen LogP contribution in [0.3, 0.4) is 0 Å². The molecule has 6 nitrogen and oxygen atoms in total. The van der Waals surface area contributed by atoms with Crippen LogP contribution in [0.15, 0.2) is 42.9 Å². The van der Waals surface area contributed by atoms with Gasteiger partial charge in [-0.1, -0.05) is 30.3 Å². The monoisotopic (exact) mass is 316 g/mol. The van der Waals surface area contributed by atoms with Gasteiger partial charge in [-0.05, 0) is 19.4 Å². The van der Waals surface area contributed by atoms with E-state index in [-0.39, 0.29) is 12.6 Å². The predicted octanol–water partition coefficient (Wildman–Crippen LogP) is 2.60. The van der Waals surface area contributed by atoms with E-state index in [0.29, 0.717) is 5.69 Å². The van der Waals surface area contributed by atoms with Crippen molar-refractivity contribution in [2.75, 3.05) is 6.61 Å². The van der Waals surface area contributed by atoms with Crippen molar-refractivity contribution in [3.8, 4) is 0 Å². The molecule has 23 heavy (non-hydrogen) atoms. The number of carbonyl (C=O) groups is 2. The summed E-state index contributed by atoms with van der Waals surface area (Å²) in [6, 6.07) is 9.76. The zero-order valence-electron chi connectivity index (χ0n) is 13.4. The number of esters is 2. The number of aromatic nitrogens is 2. The van der Waals surface area contributed by atoms with Gasteiger partial charge in [0.25, 0.3) is 0 Å². The predicted molar refractivity (Wildman–Crippen MR) is 84.0 cm³/mol. The van der Waals surface area contributed by atoms with Crippen molar-refractivity contribution in [3.05, 3.63) is 54.1 Å². The summed E-state index contributed by atoms with van der Waals surface area (Å²) in [6.07, 6.45) is 2.55. The van der Waals surface area contributed by atoms with Crippen LogP contribution in [-0.4, -0.2) is 34.2 Å². The summed E-state index contributed by atoms with van der Waals surface area (Å²) >= 11 is 0. The Morgan fingerprint density at radius 1 is 1.22 bits per heavy atom. The molecule has 0 N–H and O–H groups in total. The highest BCUT2D eigenvalue weighted by Gasteiger charge is 2.20. The molecule has 2 atom stereocenters. The van der Waals surface area contributed by atoms with Gasteiger partial charge in [0.2, 0.25) is 0 Å². The van der Waals surface area contributed by atoms with Gasteiger partial charge in [-0.15, -0.1) is 0 Å². The molecule has 1 heterocycles. The molecule has 0 aliphatic rings. The Labute approximate surface area is 135 Å². The number of hydrogen-bond donors (Lipinski definition) is 0. The molecule has 1 aromatic heterocycles. The Morgan fingerprint density at radius 3 is 2.57 bits per heavy atom. The van der Waals surface area contributed by atoms with E-state index in [1.54, 1.807) is 17.8 Å². The van der Waals surface area contributed by atoms with Gasteiger partial charge in [0.05, 0.1) is 18.6 Å². The van der Waals surface area contributed by atoms with Crippen LogP contribution in [0.25, 0.3) is 0 Å². The summed E-state index contributed by atoms with van der Waals surface area (Å²) in [6.45, 7) is 4.99. The first-order valence-corrected chi connectivity index (χ1v) is 7.40. The van der Waals surface area contributed by atoms with E-state index < -0.39 is 18.0 Å². The van der Waals surface area contributed by atoms with Crippen LogP contribution in [-0.2, 0) is 14.3 Å². The number of imidazole rings is 1. The summed E-state index contributed by atoms with van der Waals surface area (Å²) in [7, 11) is 0. The minimum absolute atomic E-state index is 0.0312. The second kappa shape index (κ2) is 7.58. The van der Waals surface area contributed by atoms with Crippen LogP contribution < -0.4 is 0 Å². The van der Waals surface area contributed by atoms with Crippen molar-refractivity contribution in [2.45, 2.75) is 32.9 Å². The second-order valence-electron chi connectivity index (χ2n) is 5.29. The third-order valence-corrected chi connectivity index (χ3v) is 3.40. The molecule has 0 amide bonds. The van der Waals surface area contributed by atoms with Gasteiger partial charge in [-0.25, -0.2) is 9.78 Å². The molecule has 1 aromatic carbocycles. The summed E-state index contributed by atoms with van der Waals surface area (Å²) in [5, 5.41) is 0. The Hall–Kier alpha value is -2.63. The SMILES string of the molecule is CC(=O)OCC(C)OC(=O)c1cncn1C(C)c1ccccc1. The fourth-order valence-corrected chi connectivity index (χ4v) is 2.18. The highest BCUT2D eigenvalue weighted by atomic mass is 16.6. The number of rotatable bonds is 6. The third-order valence-electron chi connectivity index (χ3n) is 3.40. The van der Waals surface area contributed by atoms with Gasteiger partial charge in [-0.3, -0.25) is 4.79 Å². The standard InChI is InChI=1S/C17H20N2O4/c1-12(10-22-14(3)20)23-17(21)16-9-18-11-19(16)13(2)15-7-5-4-6-8-15/h4-9,11-13H,10H2,1-3H3. The quantitative estimate of drug-likeness (QED) is 0.766. The molecule has 122 valence electrons. The van der Waals surface area contributed by atoms with Crippen LogP contribution in [0.2, 0.25) is 0 Å². The molecule has 0 fully saturated rings. The molecule has 0 aliphatic heterocycles. The van der Waals surface area contributed by atoms with Gasteiger partial charge in [0, 0.05) is 6.92 Å². The summed E-state index contributed by atoms with van der Waals surface area (Å²) in [4.78, 5) is 27.1. The minimum atomic E-state index is -0.526. The maximum Gasteiger partial charge on any atom is 0.357 e. The number of carbonyl (C=O) groups excluding carboxylic acids is 2. The number of nitrogens with zero attached hydrogens (tertiary/aromatic N) is 2. The van der Waals surface area contributed by atoms with E-state index in [1.807, 2.05) is 37.3 Å². The fraction of sp³-hybridized carbons (Fsp3) is 0.353. The maximum atomic E-state index is 12.3. The summed E-state index contributed by atoms with van der Waals surface area (Å²) < 4.78 is 11.9. The van der Waals surface area contributed by atoms with E-state index in [4.69, 9.17) is 9.47 Å². The Bertz CT molecular complexity index is 666. The first-order valence-electron chi connectivity index (χ1n) is 7.40. The first kappa shape index (κ1) is 16.7. The average molecular weight is 316 g/mol. The Morgan fingerprint density at radius 2 is 1.91 bits per heavy atom. The second-order valence-corrected chi connectivity index (χ2v) is 5.29. The van der Waals surface area contributed by atoms with Crippen LogP contribution in [0, 0.1) is 0 Å². The van der Waals surface area contributed by atoms with Crippen molar-refractivity contribution in [1.29, 1.82) is 0 Å². The smallest absolute Gasteiger partial charge is 0.357 e. The van der Waals surface area contributed by atoms with Crippen LogP contribution in [0.5, 0.6) is 0 Å². The lowest BCUT2D eigenvalue weighted by atomic mass is 10.1. The Balaban J connectivity index is 2.08. The lowest BCUT2D eigenvalue weighted by molar-refractivity contribution is -0.143. The van der Waals surface area contributed by atoms with Gasteiger partial charge < -0.3 is 14.0 Å². The van der Waals surface area contributed by atoms with Crippen molar-refractivity contribution < 1.29 is 19.1 Å². The van der Waals surface area contributed by atoms with Gasteiger partial charge in [-0.2, -0.15) is 0 Å². The zero-order chi connectivity index (χ0) is 16.8. The van der Waals surface area contributed by atoms with Crippen LogP contribution >= 0.6 is 0 Å². The molecule has 2 unspecified atom stereocenters. The van der Waals surface area contributed by atoms with Gasteiger partial charge in [0.1, 0.15) is 18.4 Å². The zero-order valence-corrected chi connectivity index (χ0v) is 13.4. The molecule has 0 spiro atoms. The van der Waals surface area contributed by atoms with Crippen molar-refractivity contribution in [3.63, 3.8) is 0 Å². The van der Waals surface area contributed by atoms with Crippen LogP contribution in [0.4, 0.5) is 0 Å². The van der Waals surface area contributed by atoms with E-state index in [1.165, 1.54) is 13.1 Å². The lowest BCUT2D eigenvalue weighted by Crippen LogP contribution is -2.24. The van der Waals surface area contributed by atoms with Crippen LogP contribution in [0.1, 0.15) is 42.9 Å².